The first-order valence-corrected chi connectivity index (χ1v) is 13.7. The molecule has 0 aliphatic heterocycles. The van der Waals surface area contributed by atoms with Gasteiger partial charge < -0.3 is 10.2 Å². The second-order valence-electron chi connectivity index (χ2n) is 10.9. The number of aliphatic hydroxyl groups excluding tert-OH is 1. The highest BCUT2D eigenvalue weighted by Gasteiger charge is 2.67. The Balaban J connectivity index is 1.41. The molecule has 4 aliphatic carbocycles. The van der Waals surface area contributed by atoms with Crippen LogP contribution in [-0.2, 0) is 9.59 Å². The maximum atomic E-state index is 13.5. The van der Waals surface area contributed by atoms with E-state index in [1.807, 2.05) is 13.0 Å². The Morgan fingerprint density at radius 3 is 2.62 bits per heavy atom. The van der Waals surface area contributed by atoms with Gasteiger partial charge in [-0.25, -0.2) is 0 Å². The first-order chi connectivity index (χ1) is 16.0. The van der Waals surface area contributed by atoms with Crippen LogP contribution in [-0.4, -0.2) is 39.2 Å². The maximum Gasteiger partial charge on any atom is 0.178 e. The fourth-order valence-corrected chi connectivity index (χ4v) is 9.32. The summed E-state index contributed by atoms with van der Waals surface area (Å²) in [5, 5.41) is 24.3. The van der Waals surface area contributed by atoms with Gasteiger partial charge in [0.25, 0.3) is 0 Å². The summed E-state index contributed by atoms with van der Waals surface area (Å²) < 4.78 is 0. The number of hydrogen-bond donors (Lipinski definition) is 2. The number of halogens is 2. The molecule has 0 heterocycles. The third kappa shape index (κ3) is 3.49. The fourth-order valence-electron chi connectivity index (χ4n) is 7.67. The van der Waals surface area contributed by atoms with Crippen molar-refractivity contribution in [1.82, 2.24) is 0 Å². The number of hydrogen-bond acceptors (Lipinski definition) is 5. The van der Waals surface area contributed by atoms with E-state index >= 15 is 0 Å². The highest BCUT2D eigenvalue weighted by atomic mass is 35.5. The summed E-state index contributed by atoms with van der Waals surface area (Å²) in [5.41, 5.74) is -1.47. The molecule has 3 fully saturated rings. The molecule has 7 atom stereocenters. The minimum Gasteiger partial charge on any atom is -0.393 e. The largest absolute Gasteiger partial charge is 0.393 e. The predicted molar refractivity (Wildman–Crippen MR) is 135 cm³/mol. The van der Waals surface area contributed by atoms with E-state index in [2.05, 4.69) is 6.92 Å². The first kappa shape index (κ1) is 24.6. The quantitative estimate of drug-likeness (QED) is 0.500. The number of allylic oxidation sites excluding steroid dienone is 4. The molecule has 0 radical (unpaired) electrons. The molecule has 4 aliphatic rings. The number of rotatable bonds is 4. The zero-order chi connectivity index (χ0) is 24.5. The van der Waals surface area contributed by atoms with Crippen LogP contribution in [0, 0.1) is 28.6 Å². The van der Waals surface area contributed by atoms with Crippen LogP contribution in [0.15, 0.2) is 46.9 Å². The zero-order valence-corrected chi connectivity index (χ0v) is 21.7. The molecule has 1 aromatic carbocycles. The highest BCUT2D eigenvalue weighted by Crippen LogP contribution is 2.67. The van der Waals surface area contributed by atoms with Gasteiger partial charge in [-0.05, 0) is 68.2 Å². The van der Waals surface area contributed by atoms with Crippen LogP contribution in [0.25, 0.3) is 0 Å². The van der Waals surface area contributed by atoms with Gasteiger partial charge in [-0.2, -0.15) is 0 Å². The summed E-state index contributed by atoms with van der Waals surface area (Å²) in [7, 11) is 0. The van der Waals surface area contributed by atoms with E-state index in [-0.39, 0.29) is 40.5 Å². The number of Topliss-reactive ketones (excluding diaryl/α,β-unsaturated/α-hetero) is 1. The van der Waals surface area contributed by atoms with E-state index in [4.69, 9.17) is 23.2 Å². The molecule has 6 unspecified atom stereocenters. The zero-order valence-electron chi connectivity index (χ0n) is 19.4. The molecule has 34 heavy (non-hydrogen) atoms. The van der Waals surface area contributed by atoms with Gasteiger partial charge >= 0.3 is 0 Å². The summed E-state index contributed by atoms with van der Waals surface area (Å²) >= 11 is 13.8. The summed E-state index contributed by atoms with van der Waals surface area (Å²) in [6.45, 7) is 4.11. The molecule has 2 N–H and O–H groups in total. The molecular formula is C27H30Cl2O4S. The molecule has 4 nitrogen and oxygen atoms in total. The lowest BCUT2D eigenvalue weighted by Crippen LogP contribution is -2.61. The highest BCUT2D eigenvalue weighted by molar-refractivity contribution is 8.00. The molecule has 7 heteroatoms. The molecular weight excluding hydrogens is 491 g/mol. The van der Waals surface area contributed by atoms with E-state index in [0.29, 0.717) is 27.8 Å². The number of fused-ring (bicyclic) bond motifs is 5. The van der Waals surface area contributed by atoms with Crippen molar-refractivity contribution in [3.8, 4) is 0 Å². The van der Waals surface area contributed by atoms with Crippen molar-refractivity contribution in [2.75, 3.05) is 5.75 Å². The van der Waals surface area contributed by atoms with Gasteiger partial charge in [0.2, 0.25) is 0 Å². The normalized spacial score (nSPS) is 40.9. The van der Waals surface area contributed by atoms with Crippen LogP contribution < -0.4 is 0 Å². The minimum absolute atomic E-state index is 0.0121. The van der Waals surface area contributed by atoms with Crippen LogP contribution in [0.2, 0.25) is 10.0 Å². The number of carbonyl (C=O) groups excluding carboxylic acids is 2. The third-order valence-electron chi connectivity index (χ3n) is 9.38. The molecule has 0 aromatic heterocycles. The van der Waals surface area contributed by atoms with Gasteiger partial charge in [0.15, 0.2) is 11.6 Å². The number of thioether (sulfide) groups is 1. The minimum atomic E-state index is -1.50. The van der Waals surface area contributed by atoms with Gasteiger partial charge in [-0.1, -0.05) is 54.8 Å². The van der Waals surface area contributed by atoms with Gasteiger partial charge in [-0.3, -0.25) is 9.59 Å². The van der Waals surface area contributed by atoms with Crippen molar-refractivity contribution in [2.24, 2.45) is 28.6 Å². The van der Waals surface area contributed by atoms with Crippen molar-refractivity contribution in [3.63, 3.8) is 0 Å². The van der Waals surface area contributed by atoms with E-state index in [1.165, 1.54) is 11.8 Å². The summed E-state index contributed by atoms with van der Waals surface area (Å²) in [6, 6.07) is 5.23. The maximum absolute atomic E-state index is 13.5. The van der Waals surface area contributed by atoms with E-state index < -0.39 is 17.1 Å². The van der Waals surface area contributed by atoms with Gasteiger partial charge in [0, 0.05) is 21.6 Å². The van der Waals surface area contributed by atoms with Gasteiger partial charge in [0.1, 0.15) is 5.60 Å². The number of carbonyl (C=O) groups is 2. The monoisotopic (exact) mass is 520 g/mol. The Kier molecular flexibility index (Phi) is 6.13. The standard InChI is InChI=1S/C27H30Cl2O4S/c1-25-10-8-16(30)12-15(25)6-7-17-18-9-11-27(33,26(18,2)13-21(31)23(17)25)22(32)14-34-24-19(28)4-3-5-20(24)29/h3-5,8,10,12,17-18,21,23,31,33H,6-7,9,11,13-14H2,1-2H3/t17?,18?,21?,23?,25?,26?,27-/m0/s1. The van der Waals surface area contributed by atoms with Crippen LogP contribution in [0.3, 0.4) is 0 Å². The Labute approximate surface area is 214 Å². The topological polar surface area (TPSA) is 74.6 Å². The summed E-state index contributed by atoms with van der Waals surface area (Å²) in [5.74, 6) is 0.146. The molecule has 182 valence electrons. The third-order valence-corrected chi connectivity index (χ3v) is 11.4. The molecule has 3 saturated carbocycles. The van der Waals surface area contributed by atoms with E-state index in [9.17, 15) is 19.8 Å². The van der Waals surface area contributed by atoms with Crippen LogP contribution in [0.1, 0.15) is 46.0 Å². The summed E-state index contributed by atoms with van der Waals surface area (Å²) in [4.78, 5) is 26.2. The summed E-state index contributed by atoms with van der Waals surface area (Å²) in [6.07, 6.45) is 7.85. The molecule has 1 aromatic rings. The molecule has 0 bridgehead atoms. The lowest BCUT2D eigenvalue weighted by Gasteiger charge is -2.59. The molecule has 0 amide bonds. The second kappa shape index (κ2) is 8.48. The number of benzene rings is 1. The average molecular weight is 522 g/mol. The number of ketones is 2. The Hall–Kier alpha value is -1.11. The first-order valence-electron chi connectivity index (χ1n) is 12.0. The van der Waals surface area contributed by atoms with Gasteiger partial charge in [-0.15, -0.1) is 11.8 Å². The van der Waals surface area contributed by atoms with Crippen LogP contribution >= 0.6 is 35.0 Å². The van der Waals surface area contributed by atoms with E-state index in [0.717, 1.165) is 24.8 Å². The lowest BCUT2D eigenvalue weighted by molar-refractivity contribution is -0.174. The lowest BCUT2D eigenvalue weighted by atomic mass is 9.46. The number of aliphatic hydroxyl groups is 2. The molecule has 0 saturated heterocycles. The SMILES string of the molecule is CC12C=CC(=O)C=C1CCC1C2C(O)CC2(C)C1CC[C@]2(O)C(=O)CSc1c(Cl)cccc1Cl. The predicted octanol–water partition coefficient (Wildman–Crippen LogP) is 5.66. The van der Waals surface area contributed by atoms with Gasteiger partial charge in [0.05, 0.1) is 21.9 Å². The van der Waals surface area contributed by atoms with Crippen molar-refractivity contribution in [1.29, 1.82) is 0 Å². The fraction of sp³-hybridized carbons (Fsp3) is 0.556. The smallest absolute Gasteiger partial charge is 0.178 e. The Morgan fingerprint density at radius 2 is 1.91 bits per heavy atom. The van der Waals surface area contributed by atoms with Crippen molar-refractivity contribution >= 4 is 46.5 Å². The van der Waals surface area contributed by atoms with Crippen LogP contribution in [0.4, 0.5) is 0 Å². The Bertz CT molecular complexity index is 1100. The Morgan fingerprint density at radius 1 is 1.21 bits per heavy atom. The second-order valence-corrected chi connectivity index (χ2v) is 12.7. The average Bonchev–Trinajstić information content (AvgIpc) is 3.05. The van der Waals surface area contributed by atoms with E-state index in [1.54, 1.807) is 30.4 Å². The van der Waals surface area contributed by atoms with Crippen molar-refractivity contribution in [3.05, 3.63) is 52.0 Å². The molecule has 5 rings (SSSR count). The van der Waals surface area contributed by atoms with Crippen molar-refractivity contribution in [2.45, 2.75) is 62.6 Å². The molecule has 0 spiro atoms. The van der Waals surface area contributed by atoms with Crippen LogP contribution in [0.5, 0.6) is 0 Å². The van der Waals surface area contributed by atoms with Crippen molar-refractivity contribution < 1.29 is 19.8 Å².